The number of aryl methyl sites for hydroxylation is 2. The fourth-order valence-electron chi connectivity index (χ4n) is 2.94. The molecule has 3 rings (SSSR count). The van der Waals surface area contributed by atoms with Crippen molar-refractivity contribution in [1.82, 2.24) is 9.88 Å². The van der Waals surface area contributed by atoms with E-state index in [1.165, 1.54) is 11.1 Å². The molecule has 4 nitrogen and oxygen atoms in total. The molecular weight excluding hydrogens is 248 g/mol. The van der Waals surface area contributed by atoms with Crippen molar-refractivity contribution in [3.63, 3.8) is 0 Å². The van der Waals surface area contributed by atoms with Crippen molar-refractivity contribution in [1.29, 1.82) is 5.41 Å². The minimum Gasteiger partial charge on any atom is -0.384 e. The third-order valence-electron chi connectivity index (χ3n) is 4.21. The number of nitrogens with one attached hydrogen (secondary N) is 1. The number of aromatic nitrogens is 1. The van der Waals surface area contributed by atoms with Crippen LogP contribution in [0.5, 0.6) is 0 Å². The van der Waals surface area contributed by atoms with Gasteiger partial charge in [0, 0.05) is 36.2 Å². The van der Waals surface area contributed by atoms with Gasteiger partial charge in [-0.3, -0.25) is 10.4 Å². The number of nitrogens with two attached hydrogens (primary N) is 1. The summed E-state index contributed by atoms with van der Waals surface area (Å²) in [6.45, 7) is 6.01. The lowest BCUT2D eigenvalue weighted by atomic mass is 9.93. The van der Waals surface area contributed by atoms with Crippen LogP contribution in [0.4, 0.5) is 0 Å². The SMILES string of the molecule is Cc1cc2nc3c(c(C(=N)N)c2cc1C)CN(C)CC3. The first kappa shape index (κ1) is 13.1. The number of fused-ring (bicyclic) bond motifs is 2. The maximum atomic E-state index is 7.98. The van der Waals surface area contributed by atoms with Gasteiger partial charge in [-0.25, -0.2) is 0 Å². The summed E-state index contributed by atoms with van der Waals surface area (Å²) in [7, 11) is 2.09. The molecule has 20 heavy (non-hydrogen) atoms. The van der Waals surface area contributed by atoms with Crippen LogP contribution in [0.2, 0.25) is 0 Å². The smallest absolute Gasteiger partial charge is 0.123 e. The number of hydrogen-bond donors (Lipinski definition) is 2. The van der Waals surface area contributed by atoms with Crippen LogP contribution in [-0.2, 0) is 13.0 Å². The molecule has 0 unspecified atom stereocenters. The Labute approximate surface area is 119 Å². The molecule has 2 heterocycles. The molecular formula is C16H20N4. The van der Waals surface area contributed by atoms with Gasteiger partial charge in [-0.15, -0.1) is 0 Å². The van der Waals surface area contributed by atoms with E-state index in [0.717, 1.165) is 47.2 Å². The zero-order chi connectivity index (χ0) is 14.4. The van der Waals surface area contributed by atoms with Crippen molar-refractivity contribution < 1.29 is 0 Å². The molecule has 1 aromatic carbocycles. The first-order valence-corrected chi connectivity index (χ1v) is 6.93. The predicted molar refractivity (Wildman–Crippen MR) is 82.3 cm³/mol. The van der Waals surface area contributed by atoms with Crippen molar-refractivity contribution in [3.8, 4) is 0 Å². The van der Waals surface area contributed by atoms with Gasteiger partial charge in [0.2, 0.25) is 0 Å². The van der Waals surface area contributed by atoms with Gasteiger partial charge in [0.15, 0.2) is 0 Å². The third-order valence-corrected chi connectivity index (χ3v) is 4.21. The molecule has 0 aliphatic carbocycles. The van der Waals surface area contributed by atoms with Crippen molar-refractivity contribution in [2.75, 3.05) is 13.6 Å². The average Bonchev–Trinajstić information content (AvgIpc) is 2.37. The highest BCUT2D eigenvalue weighted by molar-refractivity contribution is 6.08. The first-order valence-electron chi connectivity index (χ1n) is 6.93. The van der Waals surface area contributed by atoms with Gasteiger partial charge in [-0.05, 0) is 49.7 Å². The summed E-state index contributed by atoms with van der Waals surface area (Å²) >= 11 is 0. The highest BCUT2D eigenvalue weighted by atomic mass is 15.1. The minimum absolute atomic E-state index is 0.146. The molecule has 0 amide bonds. The molecule has 0 atom stereocenters. The van der Waals surface area contributed by atoms with Crippen LogP contribution in [0.1, 0.15) is 27.9 Å². The second kappa shape index (κ2) is 4.56. The van der Waals surface area contributed by atoms with Gasteiger partial charge < -0.3 is 10.6 Å². The van der Waals surface area contributed by atoms with Crippen LogP contribution in [0.25, 0.3) is 10.9 Å². The average molecular weight is 268 g/mol. The van der Waals surface area contributed by atoms with E-state index in [1.54, 1.807) is 0 Å². The van der Waals surface area contributed by atoms with Crippen LogP contribution in [0, 0.1) is 19.3 Å². The zero-order valence-electron chi connectivity index (χ0n) is 12.2. The fraction of sp³-hybridized carbons (Fsp3) is 0.375. The molecule has 1 aliphatic rings. The Balaban J connectivity index is 2.39. The highest BCUT2D eigenvalue weighted by Gasteiger charge is 2.22. The Morgan fingerprint density at radius 1 is 1.30 bits per heavy atom. The normalized spacial score (nSPS) is 15.3. The van der Waals surface area contributed by atoms with Gasteiger partial charge in [0.1, 0.15) is 5.84 Å². The molecule has 0 saturated heterocycles. The fourth-order valence-corrected chi connectivity index (χ4v) is 2.94. The quantitative estimate of drug-likeness (QED) is 0.615. The summed E-state index contributed by atoms with van der Waals surface area (Å²) in [6, 6.07) is 4.22. The second-order valence-electron chi connectivity index (χ2n) is 5.77. The van der Waals surface area contributed by atoms with Crippen LogP contribution in [-0.4, -0.2) is 29.3 Å². The lowest BCUT2D eigenvalue weighted by molar-refractivity contribution is 0.310. The number of likely N-dealkylation sites (N-methyl/N-ethyl adjacent to an activating group) is 1. The van der Waals surface area contributed by atoms with Crippen LogP contribution in [0.3, 0.4) is 0 Å². The highest BCUT2D eigenvalue weighted by Crippen LogP contribution is 2.29. The molecule has 2 aromatic rings. The Bertz CT molecular complexity index is 718. The van der Waals surface area contributed by atoms with E-state index in [1.807, 2.05) is 0 Å². The summed E-state index contributed by atoms with van der Waals surface area (Å²) < 4.78 is 0. The maximum Gasteiger partial charge on any atom is 0.123 e. The lowest BCUT2D eigenvalue weighted by Gasteiger charge is -2.27. The molecule has 1 aliphatic heterocycles. The maximum absolute atomic E-state index is 7.98. The van der Waals surface area contributed by atoms with E-state index in [-0.39, 0.29) is 5.84 Å². The number of nitrogen functional groups attached to an aromatic ring is 1. The van der Waals surface area contributed by atoms with E-state index in [4.69, 9.17) is 16.1 Å². The molecule has 0 spiro atoms. The molecule has 0 bridgehead atoms. The minimum atomic E-state index is 0.146. The largest absolute Gasteiger partial charge is 0.384 e. The Hall–Kier alpha value is -1.94. The van der Waals surface area contributed by atoms with E-state index in [2.05, 4.69) is 37.9 Å². The van der Waals surface area contributed by atoms with E-state index in [0.29, 0.717) is 0 Å². The van der Waals surface area contributed by atoms with Gasteiger partial charge in [-0.1, -0.05) is 0 Å². The Morgan fingerprint density at radius 3 is 2.70 bits per heavy atom. The van der Waals surface area contributed by atoms with Crippen LogP contribution < -0.4 is 5.73 Å². The first-order chi connectivity index (χ1) is 9.47. The number of nitrogens with zero attached hydrogens (tertiary/aromatic N) is 2. The topological polar surface area (TPSA) is 66.0 Å². The van der Waals surface area contributed by atoms with Crippen LogP contribution in [0.15, 0.2) is 12.1 Å². The molecule has 1 aromatic heterocycles. The van der Waals surface area contributed by atoms with Gasteiger partial charge >= 0.3 is 0 Å². The van der Waals surface area contributed by atoms with Crippen molar-refractivity contribution >= 4 is 16.7 Å². The van der Waals surface area contributed by atoms with Gasteiger partial charge in [0.25, 0.3) is 0 Å². The number of benzene rings is 1. The molecule has 104 valence electrons. The summed E-state index contributed by atoms with van der Waals surface area (Å²) in [5, 5.41) is 8.99. The molecule has 3 N–H and O–H groups in total. The summed E-state index contributed by atoms with van der Waals surface area (Å²) in [5.74, 6) is 0.146. The lowest BCUT2D eigenvalue weighted by Crippen LogP contribution is -2.30. The Morgan fingerprint density at radius 2 is 2.00 bits per heavy atom. The van der Waals surface area contributed by atoms with Crippen molar-refractivity contribution in [2.45, 2.75) is 26.8 Å². The van der Waals surface area contributed by atoms with Gasteiger partial charge in [-0.2, -0.15) is 0 Å². The summed E-state index contributed by atoms with van der Waals surface area (Å²) in [6.07, 6.45) is 0.926. The molecule has 4 heteroatoms. The zero-order valence-corrected chi connectivity index (χ0v) is 12.2. The molecule has 0 radical (unpaired) electrons. The van der Waals surface area contributed by atoms with E-state index < -0.39 is 0 Å². The third kappa shape index (κ3) is 1.96. The Kier molecular flexibility index (Phi) is 2.98. The van der Waals surface area contributed by atoms with Gasteiger partial charge in [0.05, 0.1) is 5.52 Å². The summed E-state index contributed by atoms with van der Waals surface area (Å²) in [5.41, 5.74) is 12.4. The molecule has 0 saturated carbocycles. The van der Waals surface area contributed by atoms with E-state index in [9.17, 15) is 0 Å². The number of rotatable bonds is 1. The standard InChI is InChI=1S/C16H20N4/c1-9-6-11-14(7-10(9)2)19-13-4-5-20(3)8-12(13)15(11)16(17)18/h6-7H,4-5,8H2,1-3H3,(H3,17,18). The second-order valence-corrected chi connectivity index (χ2v) is 5.77. The summed E-state index contributed by atoms with van der Waals surface area (Å²) in [4.78, 5) is 7.07. The van der Waals surface area contributed by atoms with Crippen LogP contribution >= 0.6 is 0 Å². The number of hydrogen-bond acceptors (Lipinski definition) is 3. The van der Waals surface area contributed by atoms with Crippen molar-refractivity contribution in [2.24, 2.45) is 5.73 Å². The number of amidine groups is 1. The van der Waals surface area contributed by atoms with Crippen molar-refractivity contribution in [3.05, 3.63) is 40.1 Å². The predicted octanol–water partition coefficient (Wildman–Crippen LogP) is 2.12. The monoisotopic (exact) mass is 268 g/mol. The molecule has 0 fully saturated rings. The number of pyridine rings is 1. The van der Waals surface area contributed by atoms with E-state index >= 15 is 0 Å².